The van der Waals surface area contributed by atoms with E-state index in [1.165, 1.54) is 36.4 Å². The zero-order valence-electron chi connectivity index (χ0n) is 21.2. The number of carbonyl (C=O) groups excluding carboxylic acids is 1. The molecule has 198 valence electrons. The summed E-state index contributed by atoms with van der Waals surface area (Å²) in [6.07, 6.45) is 0. The summed E-state index contributed by atoms with van der Waals surface area (Å²) in [4.78, 5) is 21.3. The third-order valence-electron chi connectivity index (χ3n) is 4.89. The number of aryl methyl sites for hydroxylation is 1. The van der Waals surface area contributed by atoms with Gasteiger partial charge < -0.3 is 14.2 Å². The first kappa shape index (κ1) is 28.0. The molecule has 11 heteroatoms. The summed E-state index contributed by atoms with van der Waals surface area (Å²) in [7, 11) is -4.25. The van der Waals surface area contributed by atoms with Crippen molar-refractivity contribution in [2.75, 3.05) is 26.4 Å². The van der Waals surface area contributed by atoms with Crippen LogP contribution in [-0.2, 0) is 14.8 Å². The molecule has 0 aliphatic rings. The highest BCUT2D eigenvalue weighted by molar-refractivity contribution is 7.90. The molecule has 37 heavy (non-hydrogen) atoms. The predicted molar refractivity (Wildman–Crippen MR) is 136 cm³/mol. The van der Waals surface area contributed by atoms with Gasteiger partial charge in [-0.1, -0.05) is 19.9 Å². The standard InChI is InChI=1S/C26H30FN3O6S/c1-5-34-11-12-35-26-22(25(31)30-37(32,33)24-8-6-7-18(4)28-24)9-10-23(29-26)19-13-20(27)15-21(14-19)36-16-17(2)3/h6-10,13-15,17H,5,11-12,16H2,1-4H3,(H,30,31). The van der Waals surface area contributed by atoms with Crippen molar-refractivity contribution in [1.29, 1.82) is 0 Å². The number of nitrogens with one attached hydrogen (secondary N) is 1. The average Bonchev–Trinajstić information content (AvgIpc) is 2.84. The lowest BCUT2D eigenvalue weighted by atomic mass is 10.1. The van der Waals surface area contributed by atoms with Crippen LogP contribution in [0, 0.1) is 18.7 Å². The van der Waals surface area contributed by atoms with Gasteiger partial charge in [-0.05, 0) is 56.2 Å². The molecule has 3 rings (SSSR count). The van der Waals surface area contributed by atoms with Crippen molar-refractivity contribution in [2.45, 2.75) is 32.7 Å². The summed E-state index contributed by atoms with van der Waals surface area (Å²) in [5.74, 6) is -1.01. The lowest BCUT2D eigenvalue weighted by Crippen LogP contribution is -2.32. The number of ether oxygens (including phenoxy) is 3. The molecule has 0 fully saturated rings. The number of sulfonamides is 1. The van der Waals surface area contributed by atoms with E-state index >= 15 is 0 Å². The van der Waals surface area contributed by atoms with Crippen molar-refractivity contribution in [2.24, 2.45) is 5.92 Å². The molecular formula is C26H30FN3O6S. The van der Waals surface area contributed by atoms with E-state index in [1.807, 2.05) is 25.5 Å². The van der Waals surface area contributed by atoms with Gasteiger partial charge in [-0.25, -0.2) is 19.1 Å². The number of carbonyl (C=O) groups is 1. The highest BCUT2D eigenvalue weighted by atomic mass is 32.2. The zero-order valence-corrected chi connectivity index (χ0v) is 22.0. The third-order valence-corrected chi connectivity index (χ3v) is 6.12. The monoisotopic (exact) mass is 531 g/mol. The maximum absolute atomic E-state index is 14.3. The Bertz CT molecular complexity index is 1350. The largest absolute Gasteiger partial charge is 0.493 e. The Balaban J connectivity index is 1.93. The SMILES string of the molecule is CCOCCOc1nc(-c2cc(F)cc(OCC(C)C)c2)ccc1C(=O)NS(=O)(=O)c1cccc(C)n1. The Morgan fingerprint density at radius 2 is 1.84 bits per heavy atom. The van der Waals surface area contributed by atoms with E-state index in [0.29, 0.717) is 35.9 Å². The fraction of sp³-hybridized carbons (Fsp3) is 0.346. The molecule has 0 atom stereocenters. The van der Waals surface area contributed by atoms with Crippen LogP contribution in [0.2, 0.25) is 0 Å². The van der Waals surface area contributed by atoms with Gasteiger partial charge in [-0.3, -0.25) is 4.79 Å². The minimum atomic E-state index is -4.25. The lowest BCUT2D eigenvalue weighted by Gasteiger charge is -2.14. The van der Waals surface area contributed by atoms with Crippen molar-refractivity contribution in [3.05, 3.63) is 65.6 Å². The molecule has 0 unspecified atom stereocenters. The summed E-state index contributed by atoms with van der Waals surface area (Å²) in [5.41, 5.74) is 1.06. The molecule has 0 spiro atoms. The third kappa shape index (κ3) is 7.96. The topological polar surface area (TPSA) is 117 Å². The molecule has 0 saturated heterocycles. The van der Waals surface area contributed by atoms with Crippen molar-refractivity contribution < 1.29 is 31.8 Å². The van der Waals surface area contributed by atoms with Gasteiger partial charge in [0.2, 0.25) is 5.88 Å². The van der Waals surface area contributed by atoms with Gasteiger partial charge in [0.05, 0.1) is 18.9 Å². The minimum Gasteiger partial charge on any atom is -0.493 e. The molecule has 0 bridgehead atoms. The fourth-order valence-corrected chi connectivity index (χ4v) is 4.16. The molecule has 2 aromatic heterocycles. The van der Waals surface area contributed by atoms with Gasteiger partial charge in [0.1, 0.15) is 23.7 Å². The lowest BCUT2D eigenvalue weighted by molar-refractivity contribution is 0.0957. The number of rotatable bonds is 12. The Morgan fingerprint density at radius 3 is 2.54 bits per heavy atom. The zero-order chi connectivity index (χ0) is 27.0. The Morgan fingerprint density at radius 1 is 1.05 bits per heavy atom. The molecule has 1 amide bonds. The Kier molecular flexibility index (Phi) is 9.54. The number of aromatic nitrogens is 2. The maximum atomic E-state index is 14.3. The number of nitrogens with zero attached hydrogens (tertiary/aromatic N) is 2. The summed E-state index contributed by atoms with van der Waals surface area (Å²) < 4.78 is 58.3. The van der Waals surface area contributed by atoms with E-state index in [1.54, 1.807) is 19.1 Å². The van der Waals surface area contributed by atoms with E-state index in [9.17, 15) is 17.6 Å². The second-order valence-electron chi connectivity index (χ2n) is 8.53. The van der Waals surface area contributed by atoms with Crippen molar-refractivity contribution in [3.8, 4) is 22.9 Å². The van der Waals surface area contributed by atoms with Crippen LogP contribution in [0.15, 0.2) is 53.6 Å². The molecule has 3 aromatic rings. The molecule has 0 saturated carbocycles. The van der Waals surface area contributed by atoms with Crippen LogP contribution in [0.25, 0.3) is 11.3 Å². The first-order valence-corrected chi connectivity index (χ1v) is 13.2. The molecule has 1 aromatic carbocycles. The number of halogens is 1. The van der Waals surface area contributed by atoms with Crippen LogP contribution >= 0.6 is 0 Å². The summed E-state index contributed by atoms with van der Waals surface area (Å²) in [6, 6.07) is 11.5. The number of hydrogen-bond acceptors (Lipinski definition) is 8. The van der Waals surface area contributed by atoms with Gasteiger partial charge in [0, 0.05) is 23.9 Å². The quantitative estimate of drug-likeness (QED) is 0.346. The molecule has 0 radical (unpaired) electrons. The normalized spacial score (nSPS) is 11.4. The predicted octanol–water partition coefficient (Wildman–Crippen LogP) is 4.16. The number of amides is 1. The average molecular weight is 532 g/mol. The van der Waals surface area contributed by atoms with E-state index in [4.69, 9.17) is 14.2 Å². The van der Waals surface area contributed by atoms with E-state index in [-0.39, 0.29) is 35.6 Å². The molecule has 0 aliphatic heterocycles. The second kappa shape index (κ2) is 12.6. The number of benzene rings is 1. The Hall–Kier alpha value is -3.57. The van der Waals surface area contributed by atoms with E-state index in [2.05, 4.69) is 9.97 Å². The van der Waals surface area contributed by atoms with Crippen LogP contribution < -0.4 is 14.2 Å². The molecular weight excluding hydrogens is 501 g/mol. The number of pyridine rings is 2. The second-order valence-corrected chi connectivity index (χ2v) is 10.2. The van der Waals surface area contributed by atoms with E-state index in [0.717, 1.165) is 0 Å². The van der Waals surface area contributed by atoms with Crippen LogP contribution in [0.4, 0.5) is 4.39 Å². The van der Waals surface area contributed by atoms with Gasteiger partial charge in [0.15, 0.2) is 5.03 Å². The van der Waals surface area contributed by atoms with Crippen LogP contribution in [0.3, 0.4) is 0 Å². The first-order chi connectivity index (χ1) is 17.6. The highest BCUT2D eigenvalue weighted by Crippen LogP contribution is 2.28. The summed E-state index contributed by atoms with van der Waals surface area (Å²) in [5, 5.41) is -0.294. The van der Waals surface area contributed by atoms with Gasteiger partial charge in [-0.2, -0.15) is 8.42 Å². The maximum Gasteiger partial charge on any atom is 0.281 e. The molecule has 1 N–H and O–H groups in total. The minimum absolute atomic E-state index is 0.0582. The van der Waals surface area contributed by atoms with Gasteiger partial charge in [0.25, 0.3) is 15.9 Å². The number of hydrogen-bond donors (Lipinski definition) is 1. The first-order valence-electron chi connectivity index (χ1n) is 11.7. The van der Waals surface area contributed by atoms with Crippen molar-refractivity contribution >= 4 is 15.9 Å². The van der Waals surface area contributed by atoms with Crippen LogP contribution in [0.1, 0.15) is 36.8 Å². The highest BCUT2D eigenvalue weighted by Gasteiger charge is 2.24. The van der Waals surface area contributed by atoms with Gasteiger partial charge in [-0.15, -0.1) is 0 Å². The summed E-state index contributed by atoms with van der Waals surface area (Å²) in [6.45, 7) is 8.58. The Labute approximate surface area is 216 Å². The van der Waals surface area contributed by atoms with Crippen LogP contribution in [-0.4, -0.2) is 50.7 Å². The van der Waals surface area contributed by atoms with Crippen LogP contribution in [0.5, 0.6) is 11.6 Å². The fourth-order valence-electron chi connectivity index (χ4n) is 3.18. The van der Waals surface area contributed by atoms with Crippen molar-refractivity contribution in [1.82, 2.24) is 14.7 Å². The van der Waals surface area contributed by atoms with Crippen molar-refractivity contribution in [3.63, 3.8) is 0 Å². The smallest absolute Gasteiger partial charge is 0.281 e. The molecule has 2 heterocycles. The van der Waals surface area contributed by atoms with Gasteiger partial charge >= 0.3 is 0 Å². The molecule has 0 aliphatic carbocycles. The molecule has 9 nitrogen and oxygen atoms in total. The summed E-state index contributed by atoms with van der Waals surface area (Å²) >= 11 is 0. The van der Waals surface area contributed by atoms with E-state index < -0.39 is 21.7 Å².